The molecule has 0 atom stereocenters. The van der Waals surface area contributed by atoms with E-state index in [9.17, 15) is 22.7 Å². The summed E-state index contributed by atoms with van der Waals surface area (Å²) in [6, 6.07) is 2.38. The van der Waals surface area contributed by atoms with Gasteiger partial charge < -0.3 is 5.11 Å². The van der Waals surface area contributed by atoms with Crippen molar-refractivity contribution in [1.29, 1.82) is 0 Å². The van der Waals surface area contributed by atoms with Gasteiger partial charge in [-0.1, -0.05) is 0 Å². The maximum atomic E-state index is 13.6. The fraction of sp³-hybridized carbons (Fsp3) is 0.286. The van der Waals surface area contributed by atoms with E-state index in [0.717, 1.165) is 6.07 Å². The van der Waals surface area contributed by atoms with Crippen molar-refractivity contribution >= 4 is 26.7 Å². The minimum absolute atomic E-state index is 0.0438. The van der Waals surface area contributed by atoms with Gasteiger partial charge in [0.1, 0.15) is 5.82 Å². The Bertz CT molecular complexity index is 890. The first kappa shape index (κ1) is 13.9. The number of halogens is 1. The van der Waals surface area contributed by atoms with Crippen LogP contribution in [0.25, 0.3) is 10.9 Å². The van der Waals surface area contributed by atoms with Crippen LogP contribution in [0.4, 0.5) is 4.39 Å². The number of carboxylic acid groups (broad SMARTS) is 1. The molecule has 110 valence electrons. The van der Waals surface area contributed by atoms with Gasteiger partial charge in [-0.05, 0) is 24.6 Å². The third-order valence-corrected chi connectivity index (χ3v) is 5.21. The second kappa shape index (κ2) is 4.49. The molecule has 1 N–H and O–H groups in total. The number of aromatic carboxylic acids is 1. The molecule has 5 nitrogen and oxygen atoms in total. The number of benzene rings is 1. The van der Waals surface area contributed by atoms with Crippen LogP contribution >= 0.6 is 0 Å². The number of carbonyl (C=O) groups is 1. The second-order valence-corrected chi connectivity index (χ2v) is 7.36. The third kappa shape index (κ3) is 2.27. The third-order valence-electron chi connectivity index (χ3n) is 3.66. The molecule has 0 spiro atoms. The molecule has 0 fully saturated rings. The molecular formula is C14H12FNO4S. The molecule has 0 amide bonds. The Labute approximate surface area is 120 Å². The average molecular weight is 309 g/mol. The molecule has 0 unspecified atom stereocenters. The summed E-state index contributed by atoms with van der Waals surface area (Å²) < 4.78 is 37.1. The topological polar surface area (TPSA) is 84.3 Å². The number of carboxylic acids is 1. The van der Waals surface area contributed by atoms with Crippen LogP contribution in [0.15, 0.2) is 12.1 Å². The number of aromatic nitrogens is 1. The molecule has 3 rings (SSSR count). The molecule has 0 aliphatic carbocycles. The standard InChI is InChI=1S/C14H12FNO4S/c1-7-4-8(15)5-9-12(14(17)18)10-6-21(19,20)3-2-11(10)16-13(7)9/h4-5H,2-3,6H2,1H3,(H,17,18). The SMILES string of the molecule is Cc1cc(F)cc2c(C(=O)O)c3c(nc12)CCS(=O)(=O)C3. The Morgan fingerprint density at radius 2 is 2.10 bits per heavy atom. The molecule has 0 radical (unpaired) electrons. The lowest BCUT2D eigenvalue weighted by molar-refractivity contribution is 0.0698. The van der Waals surface area contributed by atoms with Crippen LogP contribution in [0.1, 0.15) is 27.2 Å². The fourth-order valence-electron chi connectivity index (χ4n) is 2.73. The lowest BCUT2D eigenvalue weighted by Gasteiger charge is -2.19. The van der Waals surface area contributed by atoms with Crippen molar-refractivity contribution in [3.05, 3.63) is 40.3 Å². The second-order valence-electron chi connectivity index (χ2n) is 5.18. The number of aryl methyl sites for hydroxylation is 2. The van der Waals surface area contributed by atoms with Crippen LogP contribution in [0, 0.1) is 12.7 Å². The van der Waals surface area contributed by atoms with E-state index < -0.39 is 21.6 Å². The van der Waals surface area contributed by atoms with Crippen LogP contribution in [0.3, 0.4) is 0 Å². The highest BCUT2D eigenvalue weighted by molar-refractivity contribution is 7.90. The summed E-state index contributed by atoms with van der Waals surface area (Å²) in [6.45, 7) is 1.65. The number of hydrogen-bond donors (Lipinski definition) is 1. The zero-order valence-electron chi connectivity index (χ0n) is 11.2. The summed E-state index contributed by atoms with van der Waals surface area (Å²) in [6.07, 6.45) is 0.185. The van der Waals surface area contributed by atoms with Crippen molar-refractivity contribution < 1.29 is 22.7 Å². The van der Waals surface area contributed by atoms with Crippen LogP contribution in [0.5, 0.6) is 0 Å². The van der Waals surface area contributed by atoms with E-state index in [0.29, 0.717) is 16.8 Å². The van der Waals surface area contributed by atoms with Gasteiger partial charge in [-0.25, -0.2) is 17.6 Å². The number of rotatable bonds is 1. The van der Waals surface area contributed by atoms with Crippen molar-refractivity contribution in [2.75, 3.05) is 5.75 Å². The number of hydrogen-bond acceptors (Lipinski definition) is 4. The zero-order valence-corrected chi connectivity index (χ0v) is 12.0. The van der Waals surface area contributed by atoms with E-state index in [-0.39, 0.29) is 34.4 Å². The van der Waals surface area contributed by atoms with Gasteiger partial charge in [-0.2, -0.15) is 0 Å². The summed E-state index contributed by atoms with van der Waals surface area (Å²) in [5.74, 6) is -2.23. The smallest absolute Gasteiger partial charge is 0.336 e. The van der Waals surface area contributed by atoms with Crippen molar-refractivity contribution in [3.63, 3.8) is 0 Å². The van der Waals surface area contributed by atoms with Gasteiger partial charge >= 0.3 is 5.97 Å². The molecular weight excluding hydrogens is 297 g/mol. The van der Waals surface area contributed by atoms with Gasteiger partial charge in [0, 0.05) is 23.1 Å². The molecule has 0 saturated carbocycles. The van der Waals surface area contributed by atoms with Gasteiger partial charge in [0.15, 0.2) is 9.84 Å². The van der Waals surface area contributed by atoms with Crippen molar-refractivity contribution in [3.8, 4) is 0 Å². The first-order valence-corrected chi connectivity index (χ1v) is 8.16. The Morgan fingerprint density at radius 3 is 2.76 bits per heavy atom. The predicted molar refractivity (Wildman–Crippen MR) is 74.6 cm³/mol. The Hall–Kier alpha value is -2.02. The minimum Gasteiger partial charge on any atom is -0.478 e. The number of nitrogens with zero attached hydrogens (tertiary/aromatic N) is 1. The molecule has 1 aliphatic heterocycles. The fourth-order valence-corrected chi connectivity index (χ4v) is 4.13. The van der Waals surface area contributed by atoms with Crippen molar-refractivity contribution in [2.24, 2.45) is 0 Å². The molecule has 0 saturated heterocycles. The van der Waals surface area contributed by atoms with Crippen LogP contribution < -0.4 is 0 Å². The molecule has 2 aromatic rings. The Morgan fingerprint density at radius 1 is 1.38 bits per heavy atom. The molecule has 21 heavy (non-hydrogen) atoms. The number of sulfone groups is 1. The van der Waals surface area contributed by atoms with E-state index >= 15 is 0 Å². The van der Waals surface area contributed by atoms with Crippen LogP contribution in [0.2, 0.25) is 0 Å². The monoisotopic (exact) mass is 309 g/mol. The van der Waals surface area contributed by atoms with Crippen molar-refractivity contribution in [2.45, 2.75) is 19.1 Å². The maximum Gasteiger partial charge on any atom is 0.336 e. The average Bonchev–Trinajstić information content (AvgIpc) is 2.35. The van der Waals surface area contributed by atoms with Gasteiger partial charge in [0.2, 0.25) is 0 Å². The van der Waals surface area contributed by atoms with E-state index in [2.05, 4.69) is 4.98 Å². The molecule has 7 heteroatoms. The van der Waals surface area contributed by atoms with E-state index in [1.807, 2.05) is 0 Å². The van der Waals surface area contributed by atoms with Crippen LogP contribution in [-0.4, -0.2) is 30.2 Å². The normalized spacial score (nSPS) is 16.7. The van der Waals surface area contributed by atoms with Gasteiger partial charge in [-0.3, -0.25) is 4.98 Å². The quantitative estimate of drug-likeness (QED) is 0.869. The van der Waals surface area contributed by atoms with Gasteiger partial charge in [-0.15, -0.1) is 0 Å². The molecule has 1 aromatic carbocycles. The Balaban J connectivity index is 2.46. The molecule has 0 bridgehead atoms. The number of fused-ring (bicyclic) bond motifs is 2. The lowest BCUT2D eigenvalue weighted by atomic mass is 9.98. The molecule has 2 heterocycles. The zero-order chi connectivity index (χ0) is 15.4. The highest BCUT2D eigenvalue weighted by Gasteiger charge is 2.29. The first-order chi connectivity index (χ1) is 9.78. The number of pyridine rings is 1. The van der Waals surface area contributed by atoms with Gasteiger partial charge in [0.05, 0.1) is 22.6 Å². The molecule has 1 aliphatic rings. The predicted octanol–water partition coefficient (Wildman–Crippen LogP) is 1.85. The summed E-state index contributed by atoms with van der Waals surface area (Å²) in [4.78, 5) is 15.9. The summed E-state index contributed by atoms with van der Waals surface area (Å²) in [5.41, 5.74) is 1.45. The Kier molecular flexibility index (Phi) is 2.98. The van der Waals surface area contributed by atoms with Gasteiger partial charge in [0.25, 0.3) is 0 Å². The maximum absolute atomic E-state index is 13.6. The minimum atomic E-state index is -3.34. The largest absolute Gasteiger partial charge is 0.478 e. The summed E-state index contributed by atoms with van der Waals surface area (Å²) >= 11 is 0. The van der Waals surface area contributed by atoms with Crippen molar-refractivity contribution in [1.82, 2.24) is 4.98 Å². The summed E-state index contributed by atoms with van der Waals surface area (Å²) in [7, 11) is -3.34. The summed E-state index contributed by atoms with van der Waals surface area (Å²) in [5, 5.41) is 9.59. The van der Waals surface area contributed by atoms with E-state index in [4.69, 9.17) is 0 Å². The highest BCUT2D eigenvalue weighted by atomic mass is 32.2. The molecule has 1 aromatic heterocycles. The van der Waals surface area contributed by atoms with Crippen LogP contribution in [-0.2, 0) is 22.0 Å². The van der Waals surface area contributed by atoms with E-state index in [1.165, 1.54) is 6.07 Å². The highest BCUT2D eigenvalue weighted by Crippen LogP contribution is 2.31. The van der Waals surface area contributed by atoms with E-state index in [1.54, 1.807) is 6.92 Å². The first-order valence-electron chi connectivity index (χ1n) is 6.34. The lowest BCUT2D eigenvalue weighted by Crippen LogP contribution is -2.23.